The van der Waals surface area contributed by atoms with Gasteiger partial charge in [-0.1, -0.05) is 79.6 Å². The summed E-state index contributed by atoms with van der Waals surface area (Å²) in [4.78, 5) is 18.8. The number of esters is 1. The molecule has 20 atom stereocenters. The Morgan fingerprint density at radius 3 is 2.52 bits per heavy atom. The third-order valence-electron chi connectivity index (χ3n) is 20.9. The number of carbonyl (C=O) groups excluding carboxylic acids is 1. The first-order chi connectivity index (χ1) is 34.5. The van der Waals surface area contributed by atoms with Crippen molar-refractivity contribution in [1.29, 1.82) is 0 Å². The van der Waals surface area contributed by atoms with E-state index in [-0.39, 0.29) is 52.2 Å². The molecule has 6 aliphatic carbocycles. The summed E-state index contributed by atoms with van der Waals surface area (Å²) in [5.41, 5.74) is -0.292. The molecule has 7 aliphatic heterocycles. The van der Waals surface area contributed by atoms with Crippen molar-refractivity contribution in [2.24, 2.45) is 52.8 Å². The maximum Gasteiger partial charge on any atom is 0.343 e. The monoisotopic (exact) mass is 1040 g/mol. The normalized spacial score (nSPS) is 45.7. The lowest BCUT2D eigenvalue weighted by molar-refractivity contribution is -0.380. The Balaban J connectivity index is 0.941. The molecule has 5 saturated heterocycles. The highest BCUT2D eigenvalue weighted by atomic mass is 33.1. The molecular weight excluding hydrogens is 977 g/mol. The summed E-state index contributed by atoms with van der Waals surface area (Å²) in [7, 11) is 9.33. The first kappa shape index (κ1) is 45.7. The number of ether oxygens (including phenoxy) is 3. The van der Waals surface area contributed by atoms with Crippen molar-refractivity contribution in [2.75, 3.05) is 24.3 Å². The molecule has 374 valence electrons. The van der Waals surface area contributed by atoms with Gasteiger partial charge in [0, 0.05) is 63.1 Å². The van der Waals surface area contributed by atoms with E-state index in [0.29, 0.717) is 47.8 Å². The van der Waals surface area contributed by atoms with Crippen molar-refractivity contribution >= 4 is 81.6 Å². The van der Waals surface area contributed by atoms with Crippen LogP contribution < -0.4 is 10.1 Å². The highest BCUT2D eigenvalue weighted by Crippen LogP contribution is 2.82. The van der Waals surface area contributed by atoms with E-state index in [2.05, 4.69) is 34.6 Å². The molecule has 4 aromatic carbocycles. The van der Waals surface area contributed by atoms with Crippen LogP contribution in [0.25, 0.3) is 32.4 Å². The summed E-state index contributed by atoms with van der Waals surface area (Å²) in [6, 6.07) is 22.1. The lowest BCUT2D eigenvalue weighted by atomic mass is 9.39. The second-order valence-corrected chi connectivity index (χ2v) is 28.3. The molecular formula is C55H60N2O10S4. The van der Waals surface area contributed by atoms with Crippen LogP contribution in [0.5, 0.6) is 11.5 Å². The van der Waals surface area contributed by atoms with Crippen molar-refractivity contribution in [3.8, 4) is 11.5 Å². The Kier molecular flexibility index (Phi) is 10.2. The number of phenolic OH excluding ortho intramolecular Hbond substituents is 1. The zero-order valence-corrected chi connectivity index (χ0v) is 42.6. The van der Waals surface area contributed by atoms with Crippen LogP contribution in [-0.4, -0.2) is 119 Å². The highest BCUT2D eigenvalue weighted by molar-refractivity contribution is 8.78. The summed E-state index contributed by atoms with van der Waals surface area (Å²) < 4.78 is 20.9. The van der Waals surface area contributed by atoms with E-state index >= 15 is 4.79 Å². The van der Waals surface area contributed by atoms with E-state index < -0.39 is 83.1 Å². The zero-order chi connectivity index (χ0) is 48.1. The van der Waals surface area contributed by atoms with E-state index in [1.807, 2.05) is 71.1 Å². The Labute approximate surface area is 427 Å². The summed E-state index contributed by atoms with van der Waals surface area (Å²) >= 11 is 0. The second kappa shape index (κ2) is 15.9. The van der Waals surface area contributed by atoms with Gasteiger partial charge in [0.25, 0.3) is 0 Å². The second-order valence-electron chi connectivity index (χ2n) is 23.1. The molecule has 1 aromatic heterocycles. The van der Waals surface area contributed by atoms with E-state index in [1.54, 1.807) is 21.6 Å². The van der Waals surface area contributed by atoms with Gasteiger partial charge in [-0.15, -0.1) is 0 Å². The average Bonchev–Trinajstić information content (AvgIpc) is 4.17. The van der Waals surface area contributed by atoms with Crippen molar-refractivity contribution in [1.82, 2.24) is 10.3 Å². The summed E-state index contributed by atoms with van der Waals surface area (Å²) in [6.07, 6.45) is -0.553. The van der Waals surface area contributed by atoms with Gasteiger partial charge >= 0.3 is 5.97 Å². The SMILES string of the molecule is CN[C@H]1CSS[C@@H]2CSSC[C@H]3C[C@@H]4[C@@H]5C[C@H]1[C@@H](O)[C@@]1(CC[C@H]6C[C@@H]7CC[C@@H]8[C@H]2c2cc(O)ccc2[C@@]61[C@H]78)[C@H]5O[C@H]1[C@H](C(=O)Oc2c(CO)[nH]c5ccc6cc7ccccc7cc6c25)O[C@@](O)([C@H]3O)[C@@]41O. The molecule has 5 saturated carbocycles. The zero-order valence-electron chi connectivity index (χ0n) is 39.3. The lowest BCUT2D eigenvalue weighted by Crippen LogP contribution is -2.80. The number of fused-ring (bicyclic) bond motifs is 4. The van der Waals surface area contributed by atoms with Gasteiger partial charge in [0.2, 0.25) is 5.79 Å². The molecule has 5 aromatic rings. The van der Waals surface area contributed by atoms with Crippen LogP contribution in [0.4, 0.5) is 0 Å². The lowest BCUT2D eigenvalue weighted by Gasteiger charge is -2.69. The van der Waals surface area contributed by atoms with Crippen LogP contribution in [0.15, 0.2) is 66.7 Å². The van der Waals surface area contributed by atoms with E-state index in [0.717, 1.165) is 58.7 Å². The van der Waals surface area contributed by atoms with Crippen LogP contribution in [0, 0.1) is 52.8 Å². The standard InChI is InChI=1S/C55H60N2O10S4/c1-56-40-22-70-71-41-23-69-68-21-28-17-37-34-19-35(40)48(61)52(13-12-29-15-27-6-9-31-42(41)33-18-30(59)8-10-36(33)53(29,52)44(27)31)49(34)66-50-46(67-55(64,47(28)60)54(37,50)63)51(62)65-45-39(20-58)57-38-11-7-26-14-24-4-2-3-5-25(24)16-32(26)43(38)45/h2-5,7-8,10-11,14,16,18,27-29,31,34-35,37,40-42,44,46-50,56-61,63-64H,6,9,12-13,15,17,19-23H2,1H3/t27-,28+,29-,31+,34-,35+,37+,40-,41+,42-,44+,46+,47-,48+,49-,50-,52-,53+,54+,55-/m0/s1. The average molecular weight is 1040 g/mol. The topological polar surface area (TPSA) is 194 Å². The number of aromatic hydroxyl groups is 1. The molecule has 10 fully saturated rings. The molecule has 9 bridgehead atoms. The number of nitrogens with one attached hydrogen (secondary N) is 2. The van der Waals surface area contributed by atoms with Crippen LogP contribution in [0.1, 0.15) is 67.7 Å². The third-order valence-corrected chi connectivity index (χ3v) is 26.6. The van der Waals surface area contributed by atoms with E-state index in [1.165, 1.54) is 11.1 Å². The van der Waals surface area contributed by atoms with Crippen LogP contribution >= 0.6 is 43.2 Å². The molecule has 13 aliphatic rings. The highest BCUT2D eigenvalue weighted by Gasteiger charge is 2.85. The molecule has 0 unspecified atom stereocenters. The number of H-pyrrole nitrogens is 1. The number of hydrogen-bond acceptors (Lipinski definition) is 15. The molecule has 12 nitrogen and oxygen atoms in total. The fourth-order valence-electron chi connectivity index (χ4n) is 18.6. The fourth-order valence-corrected chi connectivity index (χ4v) is 25.2. The van der Waals surface area contributed by atoms with Crippen molar-refractivity contribution in [3.05, 3.63) is 83.6 Å². The molecule has 0 amide bonds. The molecule has 18 rings (SSSR count). The molecule has 2 spiro atoms. The first-order valence-electron chi connectivity index (χ1n) is 25.9. The van der Waals surface area contributed by atoms with E-state index in [4.69, 9.17) is 14.2 Å². The van der Waals surface area contributed by atoms with Crippen LogP contribution in [-0.2, 0) is 26.3 Å². The van der Waals surface area contributed by atoms with Crippen LogP contribution in [0.2, 0.25) is 0 Å². The minimum atomic E-state index is -2.61. The smallest absolute Gasteiger partial charge is 0.343 e. The Bertz CT molecular complexity index is 3050. The van der Waals surface area contributed by atoms with Gasteiger partial charge in [-0.25, -0.2) is 4.79 Å². The third kappa shape index (κ3) is 5.65. The number of hydrogen-bond donors (Lipinski definition) is 8. The maximum atomic E-state index is 15.5. The van der Waals surface area contributed by atoms with Crippen molar-refractivity contribution in [2.45, 2.75) is 116 Å². The van der Waals surface area contributed by atoms with Gasteiger partial charge in [0.1, 0.15) is 18.0 Å². The fraction of sp³-hybridized carbons (Fsp3) is 0.582. The number of benzene rings is 4. The molecule has 71 heavy (non-hydrogen) atoms. The summed E-state index contributed by atoms with van der Waals surface area (Å²) in [6.45, 7) is -0.465. The van der Waals surface area contributed by atoms with Gasteiger partial charge < -0.3 is 55.2 Å². The number of aliphatic hydroxyl groups excluding tert-OH is 3. The van der Waals surface area contributed by atoms with Crippen LogP contribution in [0.3, 0.4) is 0 Å². The minimum Gasteiger partial charge on any atom is -0.508 e. The predicted molar refractivity (Wildman–Crippen MR) is 277 cm³/mol. The Morgan fingerprint density at radius 2 is 1.69 bits per heavy atom. The number of phenols is 1. The number of aromatic amines is 1. The Morgan fingerprint density at radius 1 is 0.859 bits per heavy atom. The predicted octanol–water partition coefficient (Wildman–Crippen LogP) is 7.38. The number of aliphatic hydroxyl groups is 5. The van der Waals surface area contributed by atoms with Gasteiger partial charge in [0.05, 0.1) is 35.4 Å². The maximum absolute atomic E-state index is 15.5. The van der Waals surface area contributed by atoms with Crippen molar-refractivity contribution < 1.29 is 49.6 Å². The van der Waals surface area contributed by atoms with E-state index in [9.17, 15) is 30.6 Å². The molecule has 8 N–H and O–H groups in total. The van der Waals surface area contributed by atoms with Gasteiger partial charge in [-0.2, -0.15) is 0 Å². The number of aromatic nitrogens is 1. The summed E-state index contributed by atoms with van der Waals surface area (Å²) in [5.74, 6) is -1.47. The molecule has 16 heteroatoms. The van der Waals surface area contributed by atoms with Gasteiger partial charge in [0.15, 0.2) is 17.5 Å². The van der Waals surface area contributed by atoms with Gasteiger partial charge in [-0.3, -0.25) is 0 Å². The quantitative estimate of drug-likeness (QED) is 0.0505. The van der Waals surface area contributed by atoms with Crippen molar-refractivity contribution in [3.63, 3.8) is 0 Å². The summed E-state index contributed by atoms with van der Waals surface area (Å²) in [5, 5.41) is 84.4. The largest absolute Gasteiger partial charge is 0.508 e. The minimum absolute atomic E-state index is 0.0813. The Hall–Kier alpha value is -2.71. The molecule has 8 heterocycles. The number of rotatable bonds is 4. The number of carbonyl (C=O) groups is 1. The van der Waals surface area contributed by atoms with Gasteiger partial charge in [-0.05, 0) is 145 Å². The molecule has 0 radical (unpaired) electrons. The first-order valence-corrected chi connectivity index (χ1v) is 30.8.